The fourth-order valence-corrected chi connectivity index (χ4v) is 5.03. The zero-order valence-corrected chi connectivity index (χ0v) is 21.7. The molecule has 2 fully saturated rings. The smallest absolute Gasteiger partial charge is 0.410 e. The molecular weight excluding hydrogens is 480 g/mol. The van der Waals surface area contributed by atoms with Crippen molar-refractivity contribution in [3.63, 3.8) is 0 Å². The maximum atomic E-state index is 12.3. The molecule has 0 aliphatic carbocycles. The number of aromatic amines is 1. The predicted molar refractivity (Wildman–Crippen MR) is 144 cm³/mol. The standard InChI is InChI=1S/C30H32N4O4/c1-20-14-33(15-20)16-24-7-5-22(6-8-24)3-4-23-9-11-25(12-10-23)26(17-34-21(2)18-38-30(34)37)13-27-28(35)29(36)32-19-31-27/h5-12,19-21,26,35H,13-18H2,1-2H3,(H,31,32,36)/t21-,26?/m0/s1. The summed E-state index contributed by atoms with van der Waals surface area (Å²) >= 11 is 0. The number of nitrogens with one attached hydrogen (secondary N) is 1. The van der Waals surface area contributed by atoms with Crippen LogP contribution >= 0.6 is 0 Å². The van der Waals surface area contributed by atoms with E-state index in [2.05, 4.69) is 57.9 Å². The summed E-state index contributed by atoms with van der Waals surface area (Å²) in [5, 5.41) is 10.2. The van der Waals surface area contributed by atoms with Crippen molar-refractivity contribution < 1.29 is 14.6 Å². The van der Waals surface area contributed by atoms with Crippen LogP contribution in [0.5, 0.6) is 5.75 Å². The Bertz CT molecular complexity index is 1400. The first kappa shape index (κ1) is 25.6. The highest BCUT2D eigenvalue weighted by atomic mass is 16.6. The number of nitrogens with zero attached hydrogens (tertiary/aromatic N) is 3. The number of ether oxygens (including phenoxy) is 1. The van der Waals surface area contributed by atoms with Crippen LogP contribution in [0.15, 0.2) is 59.7 Å². The molecule has 8 nitrogen and oxygen atoms in total. The number of carbonyl (C=O) groups is 1. The van der Waals surface area contributed by atoms with Gasteiger partial charge in [-0.15, -0.1) is 0 Å². The molecule has 196 valence electrons. The van der Waals surface area contributed by atoms with Crippen molar-refractivity contribution in [2.24, 2.45) is 5.92 Å². The van der Waals surface area contributed by atoms with Crippen molar-refractivity contribution in [2.75, 3.05) is 26.2 Å². The van der Waals surface area contributed by atoms with Gasteiger partial charge in [0.25, 0.3) is 5.56 Å². The third kappa shape index (κ3) is 5.90. The molecule has 1 aromatic heterocycles. The van der Waals surface area contributed by atoms with Crippen molar-refractivity contribution in [3.8, 4) is 17.6 Å². The summed E-state index contributed by atoms with van der Waals surface area (Å²) in [6, 6.07) is 16.2. The minimum Gasteiger partial charge on any atom is -0.502 e. The first-order valence-corrected chi connectivity index (χ1v) is 13.0. The third-order valence-corrected chi connectivity index (χ3v) is 7.21. The van der Waals surface area contributed by atoms with Gasteiger partial charge in [0.15, 0.2) is 0 Å². The Morgan fingerprint density at radius 3 is 2.32 bits per heavy atom. The number of cyclic esters (lactones) is 1. The Kier molecular flexibility index (Phi) is 7.47. The molecule has 0 radical (unpaired) electrons. The molecule has 2 aliphatic heterocycles. The first-order chi connectivity index (χ1) is 18.4. The number of amides is 1. The quantitative estimate of drug-likeness (QED) is 0.471. The van der Waals surface area contributed by atoms with Crippen molar-refractivity contribution in [3.05, 3.63) is 93.2 Å². The van der Waals surface area contributed by atoms with Crippen LogP contribution in [0.2, 0.25) is 0 Å². The Labute approximate surface area is 222 Å². The largest absolute Gasteiger partial charge is 0.502 e. The summed E-state index contributed by atoms with van der Waals surface area (Å²) in [4.78, 5) is 34.8. The lowest BCUT2D eigenvalue weighted by Gasteiger charge is -2.37. The molecule has 2 saturated heterocycles. The summed E-state index contributed by atoms with van der Waals surface area (Å²) < 4.78 is 5.19. The lowest BCUT2D eigenvalue weighted by molar-refractivity contribution is 0.105. The van der Waals surface area contributed by atoms with Crippen LogP contribution in [0.4, 0.5) is 4.79 Å². The van der Waals surface area contributed by atoms with E-state index in [0.29, 0.717) is 19.6 Å². The monoisotopic (exact) mass is 512 g/mol. The fraction of sp³-hybridized carbons (Fsp3) is 0.367. The zero-order chi connectivity index (χ0) is 26.6. The molecule has 2 aromatic carbocycles. The van der Waals surface area contributed by atoms with E-state index in [9.17, 15) is 14.7 Å². The van der Waals surface area contributed by atoms with Crippen LogP contribution in [0.3, 0.4) is 0 Å². The number of hydrogen-bond donors (Lipinski definition) is 2. The fourth-order valence-electron chi connectivity index (χ4n) is 5.03. The highest BCUT2D eigenvalue weighted by Gasteiger charge is 2.32. The Balaban J connectivity index is 1.30. The second kappa shape index (κ2) is 11.1. The topological polar surface area (TPSA) is 98.8 Å². The summed E-state index contributed by atoms with van der Waals surface area (Å²) in [5.41, 5.74) is 3.79. The molecule has 1 unspecified atom stereocenters. The number of hydrogen-bond acceptors (Lipinski definition) is 6. The van der Waals surface area contributed by atoms with Gasteiger partial charge in [-0.25, -0.2) is 9.78 Å². The molecule has 2 N–H and O–H groups in total. The van der Waals surface area contributed by atoms with Crippen molar-refractivity contribution in [1.82, 2.24) is 19.8 Å². The van der Waals surface area contributed by atoms with E-state index in [-0.39, 0.29) is 23.7 Å². The van der Waals surface area contributed by atoms with Crippen LogP contribution in [0.1, 0.15) is 47.7 Å². The Morgan fingerprint density at radius 2 is 1.71 bits per heavy atom. The van der Waals surface area contributed by atoms with Crippen molar-refractivity contribution in [1.29, 1.82) is 0 Å². The number of H-pyrrole nitrogens is 1. The minimum atomic E-state index is -0.587. The maximum Gasteiger partial charge on any atom is 0.410 e. The van der Waals surface area contributed by atoms with E-state index >= 15 is 0 Å². The maximum absolute atomic E-state index is 12.3. The normalized spacial score (nSPS) is 18.4. The van der Waals surface area contributed by atoms with E-state index in [1.165, 1.54) is 25.0 Å². The van der Waals surface area contributed by atoms with Crippen LogP contribution < -0.4 is 5.56 Å². The lowest BCUT2D eigenvalue weighted by Crippen LogP contribution is -2.44. The van der Waals surface area contributed by atoms with Crippen molar-refractivity contribution >= 4 is 6.09 Å². The van der Waals surface area contributed by atoms with Gasteiger partial charge in [-0.05, 0) is 48.2 Å². The second-order valence-electron chi connectivity index (χ2n) is 10.4. The molecule has 3 heterocycles. The highest BCUT2D eigenvalue weighted by Crippen LogP contribution is 2.27. The van der Waals surface area contributed by atoms with Gasteiger partial charge in [0, 0.05) is 49.6 Å². The van der Waals surface area contributed by atoms with Gasteiger partial charge in [-0.3, -0.25) is 9.69 Å². The highest BCUT2D eigenvalue weighted by molar-refractivity contribution is 5.70. The summed E-state index contributed by atoms with van der Waals surface area (Å²) in [6.07, 6.45) is 1.20. The molecule has 2 atom stereocenters. The molecule has 0 bridgehead atoms. The van der Waals surface area contributed by atoms with Gasteiger partial charge in [0.05, 0.1) is 18.1 Å². The van der Waals surface area contributed by atoms with E-state index < -0.39 is 11.3 Å². The molecule has 38 heavy (non-hydrogen) atoms. The Morgan fingerprint density at radius 1 is 1.05 bits per heavy atom. The van der Waals surface area contributed by atoms with Crippen LogP contribution in [-0.2, 0) is 17.7 Å². The number of rotatable bonds is 7. The van der Waals surface area contributed by atoms with Gasteiger partial charge >= 0.3 is 6.09 Å². The van der Waals surface area contributed by atoms with Crippen LogP contribution in [0, 0.1) is 17.8 Å². The first-order valence-electron chi connectivity index (χ1n) is 13.0. The van der Waals surface area contributed by atoms with Gasteiger partial charge < -0.3 is 19.7 Å². The molecule has 8 heteroatoms. The lowest BCUT2D eigenvalue weighted by atomic mass is 9.92. The van der Waals surface area contributed by atoms with Gasteiger partial charge in [0.2, 0.25) is 5.75 Å². The van der Waals surface area contributed by atoms with Gasteiger partial charge in [-0.2, -0.15) is 0 Å². The number of benzene rings is 2. The predicted octanol–water partition coefficient (Wildman–Crippen LogP) is 3.49. The van der Waals surface area contributed by atoms with E-state index in [4.69, 9.17) is 4.74 Å². The molecule has 1 amide bonds. The summed E-state index contributed by atoms with van der Waals surface area (Å²) in [7, 11) is 0. The average molecular weight is 513 g/mol. The summed E-state index contributed by atoms with van der Waals surface area (Å²) in [6.45, 7) is 8.25. The van der Waals surface area contributed by atoms with E-state index in [1.807, 2.05) is 31.2 Å². The second-order valence-corrected chi connectivity index (χ2v) is 10.4. The molecule has 2 aliphatic rings. The number of aromatic nitrogens is 2. The van der Waals surface area contributed by atoms with E-state index in [0.717, 1.165) is 29.2 Å². The molecule has 0 saturated carbocycles. The van der Waals surface area contributed by atoms with Gasteiger partial charge in [0.1, 0.15) is 6.61 Å². The van der Waals surface area contributed by atoms with Gasteiger partial charge in [-0.1, -0.05) is 43.0 Å². The number of carbonyl (C=O) groups excluding carboxylic acids is 1. The summed E-state index contributed by atoms with van der Waals surface area (Å²) in [5.74, 6) is 6.66. The van der Waals surface area contributed by atoms with Crippen LogP contribution in [0.25, 0.3) is 0 Å². The molecule has 3 aromatic rings. The average Bonchev–Trinajstić information content (AvgIpc) is 3.22. The Hall–Kier alpha value is -4.09. The van der Waals surface area contributed by atoms with Crippen molar-refractivity contribution in [2.45, 2.75) is 38.8 Å². The van der Waals surface area contributed by atoms with Crippen LogP contribution in [-0.4, -0.2) is 63.3 Å². The number of aromatic hydroxyl groups is 1. The zero-order valence-electron chi connectivity index (χ0n) is 21.7. The number of likely N-dealkylation sites (tertiary alicyclic amines) is 1. The minimum absolute atomic E-state index is 0.0586. The van der Waals surface area contributed by atoms with E-state index in [1.54, 1.807) is 4.90 Å². The molecular formula is C30H32N4O4. The SMILES string of the molecule is CC1CN(Cc2ccc(C#Cc3ccc(C(Cc4nc[nH]c(=O)c4O)CN4C(=O)OC[C@@H]4C)cc3)cc2)C1. The molecule has 0 spiro atoms. The molecule has 5 rings (SSSR count). The third-order valence-electron chi connectivity index (χ3n) is 7.21.